The fourth-order valence-electron chi connectivity index (χ4n) is 2.46. The standard InChI is InChI=1S/C17H16N4O3/c22-16(6-5-12-9-18-10-20-12)21-15(17(23)24)7-11-8-19-14-4-2-1-3-13(11)14/h1-6,8-10,15,19H,7H2,(H,18,20)(H,21,22)(H,23,24)/t15-/m0/s1. The molecule has 1 aromatic carbocycles. The van der Waals surface area contributed by atoms with Crippen LogP contribution < -0.4 is 5.32 Å². The molecule has 0 aliphatic rings. The summed E-state index contributed by atoms with van der Waals surface area (Å²) in [7, 11) is 0. The molecule has 3 aromatic rings. The normalized spacial score (nSPS) is 12.5. The molecule has 0 unspecified atom stereocenters. The lowest BCUT2D eigenvalue weighted by molar-refractivity contribution is -0.141. The quantitative estimate of drug-likeness (QED) is 0.517. The molecule has 7 nitrogen and oxygen atoms in total. The SMILES string of the molecule is O=C(C=Cc1cnc[nH]1)N[C@@H](Cc1c[nH]c2ccccc12)C(=O)O. The highest BCUT2D eigenvalue weighted by Crippen LogP contribution is 2.19. The highest BCUT2D eigenvalue weighted by molar-refractivity contribution is 5.94. The Hall–Kier alpha value is -3.35. The van der Waals surface area contributed by atoms with E-state index in [1.54, 1.807) is 12.4 Å². The predicted molar refractivity (Wildman–Crippen MR) is 89.2 cm³/mol. The number of carbonyl (C=O) groups is 2. The fraction of sp³-hybridized carbons (Fsp3) is 0.118. The van der Waals surface area contributed by atoms with Crippen LogP contribution in [0.1, 0.15) is 11.3 Å². The Kier molecular flexibility index (Phi) is 4.42. The van der Waals surface area contributed by atoms with Gasteiger partial charge in [-0.2, -0.15) is 0 Å². The van der Waals surface area contributed by atoms with Crippen LogP contribution >= 0.6 is 0 Å². The molecular formula is C17H16N4O3. The van der Waals surface area contributed by atoms with E-state index in [1.165, 1.54) is 18.5 Å². The zero-order valence-corrected chi connectivity index (χ0v) is 12.7. The first-order valence-corrected chi connectivity index (χ1v) is 7.38. The summed E-state index contributed by atoms with van der Waals surface area (Å²) in [5.74, 6) is -1.56. The van der Waals surface area contributed by atoms with Crippen molar-refractivity contribution in [2.24, 2.45) is 0 Å². The number of para-hydroxylation sites is 1. The molecule has 0 saturated heterocycles. The fourth-order valence-corrected chi connectivity index (χ4v) is 2.46. The molecule has 1 amide bonds. The van der Waals surface area contributed by atoms with Crippen molar-refractivity contribution < 1.29 is 14.7 Å². The molecule has 0 bridgehead atoms. The first-order valence-electron chi connectivity index (χ1n) is 7.38. The van der Waals surface area contributed by atoms with E-state index in [0.717, 1.165) is 16.5 Å². The second-order valence-corrected chi connectivity index (χ2v) is 5.30. The first kappa shape index (κ1) is 15.5. The zero-order chi connectivity index (χ0) is 16.9. The molecule has 0 spiro atoms. The van der Waals surface area contributed by atoms with Crippen LogP contribution in [-0.4, -0.2) is 38.0 Å². The first-order chi connectivity index (χ1) is 11.6. The second-order valence-electron chi connectivity index (χ2n) is 5.30. The molecule has 4 N–H and O–H groups in total. The number of benzene rings is 1. The number of hydrogen-bond acceptors (Lipinski definition) is 3. The number of rotatable bonds is 6. The number of aromatic nitrogens is 3. The number of nitrogens with zero attached hydrogens (tertiary/aromatic N) is 1. The molecule has 24 heavy (non-hydrogen) atoms. The van der Waals surface area contributed by atoms with Gasteiger partial charge in [-0.05, 0) is 17.7 Å². The average molecular weight is 324 g/mol. The van der Waals surface area contributed by atoms with Gasteiger partial charge in [-0.25, -0.2) is 9.78 Å². The van der Waals surface area contributed by atoms with Gasteiger partial charge in [-0.15, -0.1) is 0 Å². The Bertz CT molecular complexity index is 880. The van der Waals surface area contributed by atoms with Crippen molar-refractivity contribution in [2.45, 2.75) is 12.5 Å². The molecule has 122 valence electrons. The van der Waals surface area contributed by atoms with Gasteiger partial charge in [-0.3, -0.25) is 4.79 Å². The predicted octanol–water partition coefficient (Wildman–Crippen LogP) is 1.72. The van der Waals surface area contributed by atoms with Crippen molar-refractivity contribution in [1.29, 1.82) is 0 Å². The third-order valence-corrected chi connectivity index (χ3v) is 3.65. The Morgan fingerprint density at radius 3 is 2.88 bits per heavy atom. The lowest BCUT2D eigenvalue weighted by Crippen LogP contribution is -2.41. The number of H-pyrrole nitrogens is 2. The molecule has 0 aliphatic carbocycles. The molecule has 0 radical (unpaired) electrons. The number of amides is 1. The number of hydrogen-bond donors (Lipinski definition) is 4. The van der Waals surface area contributed by atoms with Gasteiger partial charge in [-0.1, -0.05) is 18.2 Å². The van der Waals surface area contributed by atoms with Crippen molar-refractivity contribution in [3.8, 4) is 0 Å². The Labute approximate surface area is 137 Å². The van der Waals surface area contributed by atoms with E-state index < -0.39 is 17.9 Å². The summed E-state index contributed by atoms with van der Waals surface area (Å²) in [5.41, 5.74) is 2.44. The second kappa shape index (κ2) is 6.82. The minimum atomic E-state index is -1.08. The van der Waals surface area contributed by atoms with Gasteiger partial charge in [0.15, 0.2) is 0 Å². The average Bonchev–Trinajstić information content (AvgIpc) is 3.22. The van der Waals surface area contributed by atoms with Crippen molar-refractivity contribution in [1.82, 2.24) is 20.3 Å². The van der Waals surface area contributed by atoms with E-state index in [0.29, 0.717) is 5.69 Å². The number of imidazole rings is 1. The monoisotopic (exact) mass is 324 g/mol. The van der Waals surface area contributed by atoms with Crippen molar-refractivity contribution >= 4 is 28.9 Å². The minimum Gasteiger partial charge on any atom is -0.480 e. The summed E-state index contributed by atoms with van der Waals surface area (Å²) in [6, 6.07) is 6.61. The molecule has 2 aromatic heterocycles. The van der Waals surface area contributed by atoms with Gasteiger partial charge in [0, 0.05) is 29.6 Å². The third-order valence-electron chi connectivity index (χ3n) is 3.65. The van der Waals surface area contributed by atoms with Crippen LogP contribution in [0, 0.1) is 0 Å². The molecule has 1 atom stereocenters. The van der Waals surface area contributed by atoms with Crippen LogP contribution in [0.25, 0.3) is 17.0 Å². The summed E-state index contributed by atoms with van der Waals surface area (Å²) in [5, 5.41) is 12.8. The molecule has 0 saturated carbocycles. The topological polar surface area (TPSA) is 111 Å². The number of carboxylic acids is 1. The van der Waals surface area contributed by atoms with Crippen LogP contribution in [-0.2, 0) is 16.0 Å². The maximum absolute atomic E-state index is 11.9. The molecule has 0 fully saturated rings. The van der Waals surface area contributed by atoms with Crippen LogP contribution in [0.15, 0.2) is 49.1 Å². The molecule has 0 aliphatic heterocycles. The van der Waals surface area contributed by atoms with E-state index in [4.69, 9.17) is 0 Å². The van der Waals surface area contributed by atoms with Crippen molar-refractivity contribution in [2.75, 3.05) is 0 Å². The number of aromatic amines is 2. The van der Waals surface area contributed by atoms with Crippen LogP contribution in [0.2, 0.25) is 0 Å². The smallest absolute Gasteiger partial charge is 0.326 e. The van der Waals surface area contributed by atoms with Crippen molar-refractivity contribution in [3.05, 3.63) is 60.3 Å². The zero-order valence-electron chi connectivity index (χ0n) is 12.7. The molecule has 7 heteroatoms. The van der Waals surface area contributed by atoms with E-state index in [1.807, 2.05) is 24.3 Å². The van der Waals surface area contributed by atoms with Gasteiger partial charge in [0.05, 0.1) is 18.2 Å². The van der Waals surface area contributed by atoms with Gasteiger partial charge < -0.3 is 20.4 Å². The molecule has 2 heterocycles. The van der Waals surface area contributed by atoms with E-state index in [-0.39, 0.29) is 6.42 Å². The number of carbonyl (C=O) groups excluding carboxylic acids is 1. The van der Waals surface area contributed by atoms with Gasteiger partial charge in [0.25, 0.3) is 0 Å². The summed E-state index contributed by atoms with van der Waals surface area (Å²) in [6.45, 7) is 0. The number of fused-ring (bicyclic) bond motifs is 1. The highest BCUT2D eigenvalue weighted by atomic mass is 16.4. The van der Waals surface area contributed by atoms with Gasteiger partial charge >= 0.3 is 5.97 Å². The number of nitrogens with one attached hydrogen (secondary N) is 3. The van der Waals surface area contributed by atoms with Crippen LogP contribution in [0.4, 0.5) is 0 Å². The minimum absolute atomic E-state index is 0.197. The number of aliphatic carboxylic acids is 1. The van der Waals surface area contributed by atoms with Gasteiger partial charge in [0.1, 0.15) is 6.04 Å². The summed E-state index contributed by atoms with van der Waals surface area (Å²) >= 11 is 0. The maximum Gasteiger partial charge on any atom is 0.326 e. The largest absolute Gasteiger partial charge is 0.480 e. The lowest BCUT2D eigenvalue weighted by atomic mass is 10.0. The van der Waals surface area contributed by atoms with E-state index >= 15 is 0 Å². The Morgan fingerprint density at radius 1 is 1.29 bits per heavy atom. The lowest BCUT2D eigenvalue weighted by Gasteiger charge is -2.12. The summed E-state index contributed by atoms with van der Waals surface area (Å²) < 4.78 is 0. The highest BCUT2D eigenvalue weighted by Gasteiger charge is 2.21. The van der Waals surface area contributed by atoms with Crippen LogP contribution in [0.5, 0.6) is 0 Å². The summed E-state index contributed by atoms with van der Waals surface area (Å²) in [6.07, 6.45) is 7.83. The maximum atomic E-state index is 11.9. The molecular weight excluding hydrogens is 308 g/mol. The van der Waals surface area contributed by atoms with E-state index in [2.05, 4.69) is 20.3 Å². The number of carboxylic acid groups (broad SMARTS) is 1. The van der Waals surface area contributed by atoms with Gasteiger partial charge in [0.2, 0.25) is 5.91 Å². The van der Waals surface area contributed by atoms with Crippen LogP contribution in [0.3, 0.4) is 0 Å². The summed E-state index contributed by atoms with van der Waals surface area (Å²) in [4.78, 5) is 33.2. The Balaban J connectivity index is 1.71. The van der Waals surface area contributed by atoms with E-state index in [9.17, 15) is 14.7 Å². The third kappa shape index (κ3) is 3.52. The Morgan fingerprint density at radius 2 is 2.12 bits per heavy atom. The van der Waals surface area contributed by atoms with Crippen molar-refractivity contribution in [3.63, 3.8) is 0 Å². The molecule has 3 rings (SSSR count).